The van der Waals surface area contributed by atoms with Gasteiger partial charge in [-0.05, 0) is 17.7 Å². The molecule has 0 spiro atoms. The molecule has 1 aromatic heterocycles. The van der Waals surface area contributed by atoms with Crippen LogP contribution in [0, 0.1) is 5.82 Å². The highest BCUT2D eigenvalue weighted by atomic mass is 19.1. The van der Waals surface area contributed by atoms with Crippen LogP contribution in [0.5, 0.6) is 0 Å². The summed E-state index contributed by atoms with van der Waals surface area (Å²) in [4.78, 5) is 3.74. The SMILES string of the molecule is Nc1nc(N)n(Cc2cccc(F)c2)n1. The van der Waals surface area contributed by atoms with E-state index in [4.69, 9.17) is 11.5 Å². The van der Waals surface area contributed by atoms with Gasteiger partial charge in [0.25, 0.3) is 0 Å². The summed E-state index contributed by atoms with van der Waals surface area (Å²) in [5.41, 5.74) is 11.7. The summed E-state index contributed by atoms with van der Waals surface area (Å²) >= 11 is 0. The number of nitrogens with zero attached hydrogens (tertiary/aromatic N) is 3. The zero-order chi connectivity index (χ0) is 10.8. The highest BCUT2D eigenvalue weighted by Crippen LogP contribution is 2.08. The first-order valence-corrected chi connectivity index (χ1v) is 4.35. The summed E-state index contributed by atoms with van der Waals surface area (Å²) in [5.74, 6) is 0.0415. The molecule has 0 radical (unpaired) electrons. The first kappa shape index (κ1) is 9.45. The van der Waals surface area contributed by atoms with Gasteiger partial charge in [0.2, 0.25) is 11.9 Å². The van der Waals surface area contributed by atoms with Crippen molar-refractivity contribution in [1.29, 1.82) is 0 Å². The maximum atomic E-state index is 12.9. The first-order chi connectivity index (χ1) is 7.15. The van der Waals surface area contributed by atoms with Gasteiger partial charge >= 0.3 is 0 Å². The minimum atomic E-state index is -0.292. The van der Waals surface area contributed by atoms with Gasteiger partial charge in [-0.3, -0.25) is 0 Å². The summed E-state index contributed by atoms with van der Waals surface area (Å²) < 4.78 is 14.3. The molecule has 0 saturated carbocycles. The van der Waals surface area contributed by atoms with E-state index in [1.807, 2.05) is 0 Å². The van der Waals surface area contributed by atoms with Crippen molar-refractivity contribution in [2.75, 3.05) is 11.5 Å². The molecule has 0 aliphatic rings. The Morgan fingerprint density at radius 3 is 2.73 bits per heavy atom. The Kier molecular flexibility index (Phi) is 2.24. The highest BCUT2D eigenvalue weighted by Gasteiger charge is 2.04. The number of aromatic nitrogens is 3. The quantitative estimate of drug-likeness (QED) is 0.756. The smallest absolute Gasteiger partial charge is 0.241 e. The van der Waals surface area contributed by atoms with Crippen molar-refractivity contribution in [2.45, 2.75) is 6.54 Å². The molecule has 0 bridgehead atoms. The van der Waals surface area contributed by atoms with E-state index in [0.717, 1.165) is 5.56 Å². The number of nitrogen functional groups attached to an aromatic ring is 2. The normalized spacial score (nSPS) is 10.5. The molecule has 78 valence electrons. The topological polar surface area (TPSA) is 82.7 Å². The second kappa shape index (κ2) is 3.56. The van der Waals surface area contributed by atoms with E-state index < -0.39 is 0 Å². The van der Waals surface area contributed by atoms with Crippen molar-refractivity contribution < 1.29 is 4.39 Å². The summed E-state index contributed by atoms with van der Waals surface area (Å²) in [6.07, 6.45) is 0. The Hall–Kier alpha value is -2.11. The third kappa shape index (κ3) is 2.04. The van der Waals surface area contributed by atoms with Gasteiger partial charge in [-0.25, -0.2) is 9.07 Å². The Morgan fingerprint density at radius 2 is 2.13 bits per heavy atom. The van der Waals surface area contributed by atoms with Crippen LogP contribution in [0.2, 0.25) is 0 Å². The van der Waals surface area contributed by atoms with Gasteiger partial charge in [0.1, 0.15) is 5.82 Å². The third-order valence-corrected chi connectivity index (χ3v) is 1.94. The largest absolute Gasteiger partial charge is 0.368 e. The number of anilines is 2. The zero-order valence-electron chi connectivity index (χ0n) is 7.89. The van der Waals surface area contributed by atoms with Crippen LogP contribution in [0.25, 0.3) is 0 Å². The molecule has 0 fully saturated rings. The fourth-order valence-corrected chi connectivity index (χ4v) is 1.30. The van der Waals surface area contributed by atoms with Gasteiger partial charge < -0.3 is 11.5 Å². The van der Waals surface area contributed by atoms with Crippen LogP contribution in [-0.4, -0.2) is 14.8 Å². The lowest BCUT2D eigenvalue weighted by molar-refractivity contribution is 0.620. The maximum Gasteiger partial charge on any atom is 0.241 e. The van der Waals surface area contributed by atoms with E-state index in [2.05, 4.69) is 10.1 Å². The predicted molar refractivity (Wildman–Crippen MR) is 54.3 cm³/mol. The second-order valence-corrected chi connectivity index (χ2v) is 3.12. The Labute approximate surface area is 85.5 Å². The number of rotatable bonds is 2. The molecule has 0 saturated heterocycles. The van der Waals surface area contributed by atoms with Crippen LogP contribution < -0.4 is 11.5 Å². The number of nitrogens with two attached hydrogens (primary N) is 2. The van der Waals surface area contributed by atoms with Crippen LogP contribution >= 0.6 is 0 Å². The average Bonchev–Trinajstić information content (AvgIpc) is 2.45. The summed E-state index contributed by atoms with van der Waals surface area (Å²) in [6.45, 7) is 0.355. The molecule has 5 nitrogen and oxygen atoms in total. The van der Waals surface area contributed by atoms with E-state index in [1.54, 1.807) is 12.1 Å². The standard InChI is InChI=1S/C9H10FN5/c10-7-3-1-2-6(4-7)5-15-9(12)13-8(11)14-15/h1-4H,5H2,(H4,11,12,13,14). The third-order valence-electron chi connectivity index (χ3n) is 1.94. The van der Waals surface area contributed by atoms with Gasteiger partial charge in [0.05, 0.1) is 6.54 Å². The molecule has 2 rings (SSSR count). The van der Waals surface area contributed by atoms with Crippen LogP contribution in [0.1, 0.15) is 5.56 Å². The average molecular weight is 207 g/mol. The summed E-state index contributed by atoms with van der Waals surface area (Å²) in [7, 11) is 0. The van der Waals surface area contributed by atoms with E-state index in [0.29, 0.717) is 6.54 Å². The van der Waals surface area contributed by atoms with E-state index >= 15 is 0 Å². The van der Waals surface area contributed by atoms with E-state index in [-0.39, 0.29) is 17.7 Å². The van der Waals surface area contributed by atoms with Crippen molar-refractivity contribution in [2.24, 2.45) is 0 Å². The zero-order valence-corrected chi connectivity index (χ0v) is 7.89. The monoisotopic (exact) mass is 207 g/mol. The van der Waals surface area contributed by atoms with Gasteiger partial charge in [-0.15, -0.1) is 5.10 Å². The molecule has 0 amide bonds. The van der Waals surface area contributed by atoms with Crippen molar-refractivity contribution in [3.63, 3.8) is 0 Å². The molecular weight excluding hydrogens is 197 g/mol. The second-order valence-electron chi connectivity index (χ2n) is 3.12. The van der Waals surface area contributed by atoms with Crippen LogP contribution in [-0.2, 0) is 6.54 Å². The molecule has 1 aromatic carbocycles. The van der Waals surface area contributed by atoms with Gasteiger partial charge in [0.15, 0.2) is 0 Å². The number of benzene rings is 1. The molecule has 4 N–H and O–H groups in total. The van der Waals surface area contributed by atoms with Crippen molar-refractivity contribution in [3.8, 4) is 0 Å². The van der Waals surface area contributed by atoms with Crippen LogP contribution in [0.3, 0.4) is 0 Å². The van der Waals surface area contributed by atoms with Gasteiger partial charge in [-0.2, -0.15) is 4.98 Å². The lowest BCUT2D eigenvalue weighted by atomic mass is 10.2. The minimum Gasteiger partial charge on any atom is -0.368 e. The summed E-state index contributed by atoms with van der Waals surface area (Å²) in [6, 6.07) is 6.20. The highest BCUT2D eigenvalue weighted by molar-refractivity contribution is 5.28. The molecule has 1 heterocycles. The van der Waals surface area contributed by atoms with Gasteiger partial charge in [0, 0.05) is 0 Å². The Morgan fingerprint density at radius 1 is 1.33 bits per heavy atom. The van der Waals surface area contributed by atoms with Crippen molar-refractivity contribution in [1.82, 2.24) is 14.8 Å². The molecule has 0 atom stereocenters. The van der Waals surface area contributed by atoms with Crippen molar-refractivity contribution >= 4 is 11.9 Å². The fourth-order valence-electron chi connectivity index (χ4n) is 1.30. The number of hydrogen-bond acceptors (Lipinski definition) is 4. The molecular formula is C9H10FN5. The van der Waals surface area contributed by atoms with Crippen LogP contribution in [0.4, 0.5) is 16.3 Å². The van der Waals surface area contributed by atoms with Crippen LogP contribution in [0.15, 0.2) is 24.3 Å². The van der Waals surface area contributed by atoms with E-state index in [1.165, 1.54) is 16.8 Å². The summed E-state index contributed by atoms with van der Waals surface area (Å²) in [5, 5.41) is 3.87. The predicted octanol–water partition coefficient (Wildman–Crippen LogP) is 0.630. The lowest BCUT2D eigenvalue weighted by Gasteiger charge is -2.02. The number of hydrogen-bond donors (Lipinski definition) is 2. The molecule has 0 aliphatic carbocycles. The molecule has 0 unspecified atom stereocenters. The Balaban J connectivity index is 2.25. The van der Waals surface area contributed by atoms with Crippen molar-refractivity contribution in [3.05, 3.63) is 35.6 Å². The Bertz CT molecular complexity index is 479. The fraction of sp³-hybridized carbons (Fsp3) is 0.111. The van der Waals surface area contributed by atoms with Gasteiger partial charge in [-0.1, -0.05) is 12.1 Å². The lowest BCUT2D eigenvalue weighted by Crippen LogP contribution is -2.06. The van der Waals surface area contributed by atoms with E-state index in [9.17, 15) is 4.39 Å². The number of halogens is 1. The molecule has 6 heteroatoms. The maximum absolute atomic E-state index is 12.9. The first-order valence-electron chi connectivity index (χ1n) is 4.35. The molecule has 0 aliphatic heterocycles. The molecule has 15 heavy (non-hydrogen) atoms. The molecule has 2 aromatic rings. The minimum absolute atomic E-state index is 0.115.